The molecule has 1 heterocycles. The molecule has 0 aromatic carbocycles. The van der Waals surface area contributed by atoms with E-state index < -0.39 is 0 Å². The number of ether oxygens (including phenoxy) is 2. The Kier molecular flexibility index (Phi) is 15.3. The molecule has 0 aromatic heterocycles. The van der Waals surface area contributed by atoms with Crippen LogP contribution in [0.4, 0.5) is 0 Å². The molecule has 2 unspecified atom stereocenters. The molecular formula is C27H56N2O2. The van der Waals surface area contributed by atoms with Gasteiger partial charge in [-0.25, -0.2) is 0 Å². The number of rotatable bonds is 19. The molecule has 31 heavy (non-hydrogen) atoms. The van der Waals surface area contributed by atoms with Crippen molar-refractivity contribution in [2.45, 2.75) is 124 Å². The number of unbranched alkanes of at least 4 members (excludes halogenated alkanes) is 2. The highest BCUT2D eigenvalue weighted by atomic mass is 16.5. The summed E-state index contributed by atoms with van der Waals surface area (Å²) in [6.07, 6.45) is 14.3. The third-order valence-electron chi connectivity index (χ3n) is 7.02. The van der Waals surface area contributed by atoms with E-state index in [4.69, 9.17) is 9.47 Å². The maximum absolute atomic E-state index is 6.03. The van der Waals surface area contributed by atoms with E-state index in [-0.39, 0.29) is 6.10 Å². The summed E-state index contributed by atoms with van der Waals surface area (Å²) in [5.74, 6) is 0. The summed E-state index contributed by atoms with van der Waals surface area (Å²) in [4.78, 5) is 2.63. The van der Waals surface area contributed by atoms with Crippen LogP contribution in [0.1, 0.15) is 112 Å². The first-order valence-electron chi connectivity index (χ1n) is 13.6. The zero-order valence-corrected chi connectivity index (χ0v) is 22.1. The van der Waals surface area contributed by atoms with E-state index >= 15 is 0 Å². The van der Waals surface area contributed by atoms with Gasteiger partial charge in [-0.05, 0) is 51.0 Å². The van der Waals surface area contributed by atoms with Crippen LogP contribution in [-0.2, 0) is 9.47 Å². The van der Waals surface area contributed by atoms with Gasteiger partial charge >= 0.3 is 0 Å². The monoisotopic (exact) mass is 440 g/mol. The lowest BCUT2D eigenvalue weighted by atomic mass is 9.80. The Hall–Kier alpha value is -0.160. The minimum Gasteiger partial charge on any atom is -0.379 e. The van der Waals surface area contributed by atoms with E-state index in [0.717, 1.165) is 45.9 Å². The predicted molar refractivity (Wildman–Crippen MR) is 135 cm³/mol. The topological polar surface area (TPSA) is 33.7 Å². The Balaban J connectivity index is 2.28. The largest absolute Gasteiger partial charge is 0.379 e. The lowest BCUT2D eigenvalue weighted by Crippen LogP contribution is -2.48. The molecule has 1 saturated heterocycles. The zero-order chi connectivity index (χ0) is 23.0. The summed E-state index contributed by atoms with van der Waals surface area (Å²) in [5, 5.41) is 3.81. The highest BCUT2D eigenvalue weighted by Crippen LogP contribution is 2.31. The van der Waals surface area contributed by atoms with E-state index in [1.54, 1.807) is 0 Å². The van der Waals surface area contributed by atoms with E-state index in [1.807, 2.05) is 0 Å². The van der Waals surface area contributed by atoms with Crippen molar-refractivity contribution in [2.75, 3.05) is 46.0 Å². The van der Waals surface area contributed by atoms with Crippen molar-refractivity contribution < 1.29 is 9.47 Å². The SMILES string of the molecule is CCCCC(C)(CCC)CN1CCO[C@H](COCCCNC(C)(CCC)CCCC)C1. The molecule has 0 amide bonds. The fourth-order valence-corrected chi connectivity index (χ4v) is 5.25. The fourth-order valence-electron chi connectivity index (χ4n) is 5.25. The highest BCUT2D eigenvalue weighted by Gasteiger charge is 2.29. The summed E-state index contributed by atoms with van der Waals surface area (Å²) in [6.45, 7) is 20.8. The normalized spacial score (nSPS) is 21.7. The number of nitrogens with zero attached hydrogens (tertiary/aromatic N) is 1. The van der Waals surface area contributed by atoms with Crippen molar-refractivity contribution in [1.82, 2.24) is 10.2 Å². The highest BCUT2D eigenvalue weighted by molar-refractivity contribution is 4.83. The molecule has 1 N–H and O–H groups in total. The van der Waals surface area contributed by atoms with Crippen molar-refractivity contribution in [2.24, 2.45) is 5.41 Å². The maximum atomic E-state index is 6.03. The van der Waals surface area contributed by atoms with Gasteiger partial charge in [0, 0.05) is 31.8 Å². The van der Waals surface area contributed by atoms with Crippen molar-refractivity contribution in [3.05, 3.63) is 0 Å². The summed E-state index contributed by atoms with van der Waals surface area (Å²) in [6, 6.07) is 0. The molecule has 1 fully saturated rings. The zero-order valence-electron chi connectivity index (χ0n) is 22.1. The molecule has 0 aromatic rings. The van der Waals surface area contributed by atoms with E-state index in [9.17, 15) is 0 Å². The van der Waals surface area contributed by atoms with Crippen molar-refractivity contribution in [1.29, 1.82) is 0 Å². The molecule has 0 bridgehead atoms. The average Bonchev–Trinajstić information content (AvgIpc) is 2.74. The first kappa shape index (κ1) is 28.9. The molecule has 1 rings (SSSR count). The van der Waals surface area contributed by atoms with Crippen LogP contribution in [0, 0.1) is 5.41 Å². The lowest BCUT2D eigenvalue weighted by Gasteiger charge is -2.40. The Morgan fingerprint density at radius 3 is 2.29 bits per heavy atom. The number of nitrogens with one attached hydrogen (secondary N) is 1. The Bertz CT molecular complexity index is 433. The number of morpholine rings is 1. The second kappa shape index (κ2) is 16.5. The van der Waals surface area contributed by atoms with Gasteiger partial charge in [0.15, 0.2) is 0 Å². The molecule has 0 spiro atoms. The van der Waals surface area contributed by atoms with E-state index in [0.29, 0.717) is 11.0 Å². The molecule has 0 saturated carbocycles. The van der Waals surface area contributed by atoms with Gasteiger partial charge < -0.3 is 14.8 Å². The van der Waals surface area contributed by atoms with Gasteiger partial charge in [-0.3, -0.25) is 4.90 Å². The first-order chi connectivity index (χ1) is 14.9. The maximum Gasteiger partial charge on any atom is 0.0935 e. The Morgan fingerprint density at radius 2 is 1.61 bits per heavy atom. The minimum atomic E-state index is 0.230. The quantitative estimate of drug-likeness (QED) is 0.235. The summed E-state index contributed by atoms with van der Waals surface area (Å²) in [7, 11) is 0. The lowest BCUT2D eigenvalue weighted by molar-refractivity contribution is -0.0773. The molecule has 4 heteroatoms. The molecule has 4 nitrogen and oxygen atoms in total. The van der Waals surface area contributed by atoms with Gasteiger partial charge in [0.1, 0.15) is 0 Å². The van der Waals surface area contributed by atoms with Gasteiger partial charge in [-0.1, -0.05) is 73.1 Å². The molecule has 186 valence electrons. The van der Waals surface area contributed by atoms with Crippen LogP contribution in [0.2, 0.25) is 0 Å². The van der Waals surface area contributed by atoms with Crippen LogP contribution in [0.25, 0.3) is 0 Å². The van der Waals surface area contributed by atoms with Crippen LogP contribution in [0.5, 0.6) is 0 Å². The van der Waals surface area contributed by atoms with Crippen molar-refractivity contribution in [3.63, 3.8) is 0 Å². The number of hydrogen-bond donors (Lipinski definition) is 1. The van der Waals surface area contributed by atoms with Crippen LogP contribution < -0.4 is 5.32 Å². The molecule has 0 aliphatic carbocycles. The third-order valence-corrected chi connectivity index (χ3v) is 7.02. The van der Waals surface area contributed by atoms with Gasteiger partial charge in [-0.15, -0.1) is 0 Å². The standard InChI is InChI=1S/C27H56N2O2/c1-7-11-16-26(5,14-9-3)24-29-19-21-31-25(22-29)23-30-20-13-18-28-27(6,15-10-4)17-12-8-2/h25,28H,7-24H2,1-6H3/t25-,26?,27?/m0/s1. The van der Waals surface area contributed by atoms with E-state index in [2.05, 4.69) is 51.8 Å². The first-order valence-corrected chi connectivity index (χ1v) is 13.6. The predicted octanol–water partition coefficient (Wildman–Crippen LogP) is 6.43. The molecule has 1 aliphatic heterocycles. The second-order valence-electron chi connectivity index (χ2n) is 10.7. The van der Waals surface area contributed by atoms with Gasteiger partial charge in [-0.2, -0.15) is 0 Å². The third kappa shape index (κ3) is 12.6. The molecule has 0 radical (unpaired) electrons. The van der Waals surface area contributed by atoms with Crippen LogP contribution in [-0.4, -0.2) is 62.5 Å². The Morgan fingerprint density at radius 1 is 0.903 bits per heavy atom. The summed E-state index contributed by atoms with van der Waals surface area (Å²) < 4.78 is 12.0. The van der Waals surface area contributed by atoms with Gasteiger partial charge in [0.25, 0.3) is 0 Å². The van der Waals surface area contributed by atoms with E-state index in [1.165, 1.54) is 70.8 Å². The van der Waals surface area contributed by atoms with Crippen LogP contribution in [0.3, 0.4) is 0 Å². The molecule has 1 aliphatic rings. The summed E-state index contributed by atoms with van der Waals surface area (Å²) >= 11 is 0. The second-order valence-corrected chi connectivity index (χ2v) is 10.7. The minimum absolute atomic E-state index is 0.230. The van der Waals surface area contributed by atoms with Gasteiger partial charge in [0.05, 0.1) is 19.3 Å². The fraction of sp³-hybridized carbons (Fsp3) is 1.00. The molecule has 3 atom stereocenters. The van der Waals surface area contributed by atoms with Crippen molar-refractivity contribution in [3.8, 4) is 0 Å². The van der Waals surface area contributed by atoms with Crippen LogP contribution >= 0.6 is 0 Å². The van der Waals surface area contributed by atoms with Crippen molar-refractivity contribution >= 4 is 0 Å². The van der Waals surface area contributed by atoms with Gasteiger partial charge in [0.2, 0.25) is 0 Å². The van der Waals surface area contributed by atoms with Crippen LogP contribution in [0.15, 0.2) is 0 Å². The Labute approximate surface area is 195 Å². The number of hydrogen-bond acceptors (Lipinski definition) is 4. The smallest absolute Gasteiger partial charge is 0.0935 e. The molecular weight excluding hydrogens is 384 g/mol. The summed E-state index contributed by atoms with van der Waals surface area (Å²) in [5.41, 5.74) is 0.739. The average molecular weight is 441 g/mol.